The van der Waals surface area contributed by atoms with Crippen LogP contribution in [0.25, 0.3) is 0 Å². The van der Waals surface area contributed by atoms with Crippen molar-refractivity contribution in [2.45, 2.75) is 6.42 Å². The van der Waals surface area contributed by atoms with Crippen molar-refractivity contribution < 1.29 is 18.7 Å². The van der Waals surface area contributed by atoms with Crippen molar-refractivity contribution in [3.05, 3.63) is 93.3 Å². The van der Waals surface area contributed by atoms with Gasteiger partial charge in [0.1, 0.15) is 18.2 Å². The largest absolute Gasteiger partial charge is 0.485 e. The number of halogens is 2. The molecule has 3 aromatic rings. The first-order valence-electron chi connectivity index (χ1n) is 8.56. The third kappa shape index (κ3) is 5.63. The molecule has 4 nitrogen and oxygen atoms in total. The van der Waals surface area contributed by atoms with Gasteiger partial charge in [-0.2, -0.15) is 0 Å². The summed E-state index contributed by atoms with van der Waals surface area (Å²) in [6.45, 7) is -0.132. The lowest BCUT2D eigenvalue weighted by Crippen LogP contribution is -2.17. The predicted octanol–water partition coefficient (Wildman–Crippen LogP) is 4.87. The number of hydrogen-bond acceptors (Lipinski definition) is 3. The number of para-hydroxylation sites is 1. The van der Waals surface area contributed by atoms with Gasteiger partial charge in [-0.3, -0.25) is 9.59 Å². The summed E-state index contributed by atoms with van der Waals surface area (Å²) in [7, 11) is 0. The van der Waals surface area contributed by atoms with E-state index in [2.05, 4.69) is 27.9 Å². The Morgan fingerprint density at radius 1 is 0.929 bits per heavy atom. The number of ketones is 1. The van der Waals surface area contributed by atoms with Gasteiger partial charge >= 0.3 is 0 Å². The first-order chi connectivity index (χ1) is 13.5. The van der Waals surface area contributed by atoms with Crippen LogP contribution in [-0.4, -0.2) is 18.3 Å². The Balaban J connectivity index is 1.63. The van der Waals surface area contributed by atoms with Crippen molar-refractivity contribution in [3.63, 3.8) is 0 Å². The van der Waals surface area contributed by atoms with Crippen molar-refractivity contribution in [2.24, 2.45) is 0 Å². The maximum Gasteiger partial charge on any atom is 0.259 e. The summed E-state index contributed by atoms with van der Waals surface area (Å²) in [5.41, 5.74) is 1.68. The molecule has 3 aromatic carbocycles. The molecule has 0 aliphatic rings. The van der Waals surface area contributed by atoms with Gasteiger partial charge in [0.15, 0.2) is 5.78 Å². The number of Topliss-reactive ketones (excluding diaryl/α,β-unsaturated/α-hetero) is 1. The topological polar surface area (TPSA) is 55.4 Å². The average molecular weight is 489 g/mol. The van der Waals surface area contributed by atoms with Gasteiger partial charge in [0.2, 0.25) is 0 Å². The van der Waals surface area contributed by atoms with Crippen molar-refractivity contribution in [2.75, 3.05) is 11.9 Å². The minimum Gasteiger partial charge on any atom is -0.485 e. The molecule has 0 aliphatic heterocycles. The summed E-state index contributed by atoms with van der Waals surface area (Å²) in [4.78, 5) is 24.7. The van der Waals surface area contributed by atoms with Crippen molar-refractivity contribution in [1.82, 2.24) is 0 Å². The van der Waals surface area contributed by atoms with E-state index in [0.717, 1.165) is 9.13 Å². The molecule has 142 valence electrons. The number of carbonyl (C=O) groups excluding carboxylic acids is 2. The van der Waals surface area contributed by atoms with Gasteiger partial charge in [0.25, 0.3) is 5.91 Å². The summed E-state index contributed by atoms with van der Waals surface area (Å²) in [5.74, 6) is -0.548. The molecule has 0 unspecified atom stereocenters. The molecule has 0 saturated carbocycles. The van der Waals surface area contributed by atoms with Gasteiger partial charge in [-0.15, -0.1) is 0 Å². The van der Waals surface area contributed by atoms with Crippen LogP contribution in [0.3, 0.4) is 0 Å². The smallest absolute Gasteiger partial charge is 0.259 e. The second kappa shape index (κ2) is 9.45. The van der Waals surface area contributed by atoms with Crippen LogP contribution in [0.15, 0.2) is 72.8 Å². The monoisotopic (exact) mass is 489 g/mol. The van der Waals surface area contributed by atoms with Crippen LogP contribution >= 0.6 is 22.6 Å². The molecule has 0 saturated heterocycles. The Morgan fingerprint density at radius 3 is 2.32 bits per heavy atom. The summed E-state index contributed by atoms with van der Waals surface area (Å²) < 4.78 is 19.7. The second-order valence-corrected chi connectivity index (χ2v) is 7.33. The van der Waals surface area contributed by atoms with Crippen LogP contribution in [0, 0.1) is 9.39 Å². The molecule has 3 rings (SSSR count). The molecular formula is C22H17FINO3. The zero-order valence-corrected chi connectivity index (χ0v) is 17.0. The fraction of sp³-hybridized carbons (Fsp3) is 0.0909. The third-order valence-corrected chi connectivity index (χ3v) is 4.66. The molecule has 0 heterocycles. The van der Waals surface area contributed by atoms with Crippen LogP contribution in [0.1, 0.15) is 15.9 Å². The second-order valence-electron chi connectivity index (χ2n) is 6.09. The lowest BCUT2D eigenvalue weighted by Gasteiger charge is -2.11. The van der Waals surface area contributed by atoms with E-state index in [1.165, 1.54) is 24.3 Å². The average Bonchev–Trinajstić information content (AvgIpc) is 2.70. The maximum atomic E-state index is 13.0. The highest BCUT2D eigenvalue weighted by molar-refractivity contribution is 14.1. The van der Waals surface area contributed by atoms with Gasteiger partial charge in [0, 0.05) is 15.7 Å². The molecule has 1 N–H and O–H groups in total. The van der Waals surface area contributed by atoms with E-state index in [1.807, 2.05) is 24.3 Å². The molecule has 0 spiro atoms. The SMILES string of the molecule is O=C(COc1ccccc1C(=O)Nc1ccc(F)cc1)Cc1ccc(I)cc1. The molecule has 0 fully saturated rings. The van der Waals surface area contributed by atoms with Gasteiger partial charge in [-0.05, 0) is 76.7 Å². The van der Waals surface area contributed by atoms with Crippen LogP contribution < -0.4 is 10.1 Å². The third-order valence-electron chi connectivity index (χ3n) is 3.94. The van der Waals surface area contributed by atoms with Crippen molar-refractivity contribution >= 4 is 40.0 Å². The molecular weight excluding hydrogens is 472 g/mol. The van der Waals surface area contributed by atoms with Crippen LogP contribution in [0.4, 0.5) is 10.1 Å². The normalized spacial score (nSPS) is 10.4. The minimum absolute atomic E-state index is 0.0880. The quantitative estimate of drug-likeness (QED) is 0.482. The lowest BCUT2D eigenvalue weighted by molar-refractivity contribution is -0.120. The highest BCUT2D eigenvalue weighted by atomic mass is 127. The summed E-state index contributed by atoms with van der Waals surface area (Å²) >= 11 is 2.21. The van der Waals surface area contributed by atoms with E-state index in [0.29, 0.717) is 17.0 Å². The van der Waals surface area contributed by atoms with Gasteiger partial charge < -0.3 is 10.1 Å². The standard InChI is InChI=1S/C22H17FINO3/c23-16-7-11-18(12-8-16)25-22(27)20-3-1-2-4-21(20)28-14-19(26)13-15-5-9-17(24)10-6-15/h1-12H,13-14H2,(H,25,27). The van der Waals surface area contributed by atoms with Gasteiger partial charge in [-0.25, -0.2) is 4.39 Å². The molecule has 0 aromatic heterocycles. The Morgan fingerprint density at radius 2 is 1.61 bits per heavy atom. The lowest BCUT2D eigenvalue weighted by atomic mass is 10.1. The summed E-state index contributed by atoms with van der Waals surface area (Å²) in [6.07, 6.45) is 0.265. The molecule has 0 radical (unpaired) electrons. The zero-order valence-electron chi connectivity index (χ0n) is 14.8. The fourth-order valence-corrected chi connectivity index (χ4v) is 2.91. The van der Waals surface area contributed by atoms with E-state index in [9.17, 15) is 14.0 Å². The first-order valence-corrected chi connectivity index (χ1v) is 9.64. The number of benzene rings is 3. The Bertz CT molecular complexity index is 972. The van der Waals surface area contributed by atoms with Crippen molar-refractivity contribution in [1.29, 1.82) is 0 Å². The Kier molecular flexibility index (Phi) is 6.76. The first kappa shape index (κ1) is 20.0. The van der Waals surface area contributed by atoms with Gasteiger partial charge in [-0.1, -0.05) is 24.3 Å². The van der Waals surface area contributed by atoms with Crippen LogP contribution in [-0.2, 0) is 11.2 Å². The Labute approximate surface area is 175 Å². The number of carbonyl (C=O) groups is 2. The number of amides is 1. The van der Waals surface area contributed by atoms with E-state index in [-0.39, 0.29) is 24.6 Å². The Hall–Kier alpha value is -2.74. The number of nitrogens with one attached hydrogen (secondary N) is 1. The number of anilines is 1. The highest BCUT2D eigenvalue weighted by Gasteiger charge is 2.14. The molecule has 0 aliphatic carbocycles. The minimum atomic E-state index is -0.396. The molecule has 0 atom stereocenters. The van der Waals surface area contributed by atoms with Crippen molar-refractivity contribution in [3.8, 4) is 5.75 Å². The van der Waals surface area contributed by atoms with E-state index in [4.69, 9.17) is 4.74 Å². The van der Waals surface area contributed by atoms with Gasteiger partial charge in [0.05, 0.1) is 5.56 Å². The van der Waals surface area contributed by atoms with Crippen LogP contribution in [0.5, 0.6) is 5.75 Å². The molecule has 28 heavy (non-hydrogen) atoms. The summed E-state index contributed by atoms with van der Waals surface area (Å²) in [6, 6.07) is 19.9. The maximum absolute atomic E-state index is 13.0. The number of ether oxygens (including phenoxy) is 1. The number of hydrogen-bond donors (Lipinski definition) is 1. The zero-order chi connectivity index (χ0) is 19.9. The highest BCUT2D eigenvalue weighted by Crippen LogP contribution is 2.20. The predicted molar refractivity (Wildman–Crippen MR) is 114 cm³/mol. The number of rotatable bonds is 7. The molecule has 0 bridgehead atoms. The van der Waals surface area contributed by atoms with Crippen LogP contribution in [0.2, 0.25) is 0 Å². The van der Waals surface area contributed by atoms with E-state index >= 15 is 0 Å². The fourth-order valence-electron chi connectivity index (χ4n) is 2.55. The molecule has 1 amide bonds. The van der Waals surface area contributed by atoms with E-state index in [1.54, 1.807) is 24.3 Å². The molecule has 6 heteroatoms. The van der Waals surface area contributed by atoms with E-state index < -0.39 is 5.91 Å². The summed E-state index contributed by atoms with van der Waals surface area (Å²) in [5, 5.41) is 2.69.